The van der Waals surface area contributed by atoms with E-state index in [1.165, 1.54) is 7.11 Å². The largest absolute Gasteiger partial charge is 0.465 e. The summed E-state index contributed by atoms with van der Waals surface area (Å²) >= 11 is 0. The number of hydrogen-bond donors (Lipinski definition) is 0. The zero-order chi connectivity index (χ0) is 8.15. The highest BCUT2D eigenvalue weighted by atomic mass is 16.5. The Morgan fingerprint density at radius 2 is 2.00 bits per heavy atom. The summed E-state index contributed by atoms with van der Waals surface area (Å²) in [5, 5.41) is 0. The summed E-state index contributed by atoms with van der Waals surface area (Å²) in [4.78, 5) is 10.7. The third kappa shape index (κ3) is 3.07. The van der Waals surface area contributed by atoms with Crippen LogP contribution in [0.2, 0.25) is 0 Å². The minimum Gasteiger partial charge on any atom is -0.465 e. The maximum absolute atomic E-state index is 10.7. The molecular weight excluding hydrogens is 128 g/mol. The zero-order valence-electron chi connectivity index (χ0n) is 6.60. The highest BCUT2D eigenvalue weighted by molar-refractivity contribution is 5.90. The van der Waals surface area contributed by atoms with Crippen molar-refractivity contribution in [3.63, 3.8) is 0 Å². The fraction of sp³-hybridized carbons (Fsp3) is 0.375. The molecule has 10 heavy (non-hydrogen) atoms. The van der Waals surface area contributed by atoms with Crippen molar-refractivity contribution >= 4 is 5.97 Å². The Hall–Kier alpha value is -1.05. The van der Waals surface area contributed by atoms with Crippen molar-refractivity contribution in [1.29, 1.82) is 0 Å². The molecule has 0 saturated heterocycles. The molecule has 0 N–H and O–H groups in total. The smallest absolute Gasteiger partial charge is 0.337 e. The van der Waals surface area contributed by atoms with Crippen LogP contribution in [0.25, 0.3) is 0 Å². The number of allylic oxidation sites excluding steroid dienone is 1. The summed E-state index contributed by atoms with van der Waals surface area (Å²) in [5.41, 5.74) is 1.43. The van der Waals surface area contributed by atoms with Gasteiger partial charge in [-0.3, -0.25) is 0 Å². The van der Waals surface area contributed by atoms with Gasteiger partial charge in [0.1, 0.15) is 0 Å². The van der Waals surface area contributed by atoms with Gasteiger partial charge in [0.05, 0.1) is 12.7 Å². The van der Waals surface area contributed by atoms with E-state index in [0.29, 0.717) is 5.57 Å². The van der Waals surface area contributed by atoms with Gasteiger partial charge in [-0.05, 0) is 19.9 Å². The molecule has 0 rings (SSSR count). The summed E-state index contributed by atoms with van der Waals surface area (Å²) in [7, 11) is 1.34. The van der Waals surface area contributed by atoms with E-state index in [9.17, 15) is 4.79 Å². The molecule has 56 valence electrons. The number of esters is 1. The van der Waals surface area contributed by atoms with Crippen LogP contribution in [0.1, 0.15) is 13.8 Å². The fourth-order valence-electron chi connectivity index (χ4n) is 0.538. The molecule has 0 aromatic rings. The Bertz CT molecular complexity index is 174. The lowest BCUT2D eigenvalue weighted by molar-refractivity contribution is -0.135. The third-order valence-electron chi connectivity index (χ3n) is 0.910. The van der Waals surface area contributed by atoms with Crippen LogP contribution in [0.4, 0.5) is 0 Å². The first-order valence-electron chi connectivity index (χ1n) is 3.00. The molecule has 0 aromatic carbocycles. The summed E-state index contributed by atoms with van der Waals surface area (Å²) in [5.74, 6) is -0.374. The maximum atomic E-state index is 10.7. The van der Waals surface area contributed by atoms with E-state index in [4.69, 9.17) is 0 Å². The normalized spacial score (nSPS) is 8.30. The topological polar surface area (TPSA) is 26.3 Å². The molecule has 0 atom stereocenters. The summed E-state index contributed by atoms with van der Waals surface area (Å²) < 4.78 is 4.43. The van der Waals surface area contributed by atoms with Gasteiger partial charge in [-0.25, -0.2) is 4.79 Å². The van der Waals surface area contributed by atoms with Crippen LogP contribution in [-0.4, -0.2) is 13.1 Å². The third-order valence-corrected chi connectivity index (χ3v) is 0.910. The van der Waals surface area contributed by atoms with Gasteiger partial charge in [0.15, 0.2) is 0 Å². The van der Waals surface area contributed by atoms with Crippen molar-refractivity contribution < 1.29 is 9.53 Å². The minimum atomic E-state index is -0.374. The fourth-order valence-corrected chi connectivity index (χ4v) is 0.538. The van der Waals surface area contributed by atoms with Crippen LogP contribution in [0.5, 0.6) is 0 Å². The quantitative estimate of drug-likeness (QED) is 0.331. The summed E-state index contributed by atoms with van der Waals surface area (Å²) in [6.07, 6.45) is 1.69. The molecule has 0 saturated carbocycles. The highest BCUT2D eigenvalue weighted by Crippen LogP contribution is 2.00. The van der Waals surface area contributed by atoms with E-state index in [1.807, 2.05) is 13.8 Å². The first-order chi connectivity index (χ1) is 4.57. The monoisotopic (exact) mass is 140 g/mol. The standard InChI is InChI=1S/C8H12O2/c1-6(2)5-7(3)8(9)10-4/h5H,3H2,1-2,4H3. The molecule has 0 spiro atoms. The van der Waals surface area contributed by atoms with E-state index in [2.05, 4.69) is 11.3 Å². The first kappa shape index (κ1) is 8.95. The van der Waals surface area contributed by atoms with Gasteiger partial charge in [0, 0.05) is 0 Å². The molecule has 0 aliphatic heterocycles. The summed E-state index contributed by atoms with van der Waals surface area (Å²) in [6, 6.07) is 0. The lowest BCUT2D eigenvalue weighted by Gasteiger charge is -1.96. The van der Waals surface area contributed by atoms with Crippen molar-refractivity contribution in [1.82, 2.24) is 0 Å². The second-order valence-electron chi connectivity index (χ2n) is 2.24. The Morgan fingerprint density at radius 3 is 2.30 bits per heavy atom. The molecule has 0 radical (unpaired) electrons. The average Bonchev–Trinajstić information content (AvgIpc) is 1.85. The predicted molar refractivity (Wildman–Crippen MR) is 40.6 cm³/mol. The Morgan fingerprint density at radius 1 is 1.50 bits per heavy atom. The minimum absolute atomic E-state index is 0.374. The Kier molecular flexibility index (Phi) is 3.47. The molecule has 2 heteroatoms. The molecule has 0 heterocycles. The second-order valence-corrected chi connectivity index (χ2v) is 2.24. The van der Waals surface area contributed by atoms with Crippen LogP contribution in [0.3, 0.4) is 0 Å². The maximum Gasteiger partial charge on any atom is 0.337 e. The Labute approximate surface area is 61.2 Å². The SMILES string of the molecule is C=C(C=C(C)C)C(=O)OC. The van der Waals surface area contributed by atoms with E-state index in [-0.39, 0.29) is 5.97 Å². The number of ether oxygens (including phenoxy) is 1. The van der Waals surface area contributed by atoms with Crippen molar-refractivity contribution in [3.8, 4) is 0 Å². The van der Waals surface area contributed by atoms with Crippen LogP contribution in [-0.2, 0) is 9.53 Å². The molecule has 0 unspecified atom stereocenters. The second kappa shape index (κ2) is 3.88. The highest BCUT2D eigenvalue weighted by Gasteiger charge is 2.00. The van der Waals surface area contributed by atoms with E-state index < -0.39 is 0 Å². The molecule has 0 bridgehead atoms. The molecule has 2 nitrogen and oxygen atoms in total. The summed E-state index contributed by atoms with van der Waals surface area (Å²) in [6.45, 7) is 7.31. The van der Waals surface area contributed by atoms with Gasteiger partial charge in [-0.1, -0.05) is 12.2 Å². The zero-order valence-corrected chi connectivity index (χ0v) is 6.60. The lowest BCUT2D eigenvalue weighted by atomic mass is 10.2. The van der Waals surface area contributed by atoms with E-state index in [1.54, 1.807) is 6.08 Å². The van der Waals surface area contributed by atoms with Crippen LogP contribution < -0.4 is 0 Å². The van der Waals surface area contributed by atoms with E-state index in [0.717, 1.165) is 5.57 Å². The molecule has 0 amide bonds. The number of rotatable bonds is 2. The van der Waals surface area contributed by atoms with Gasteiger partial charge in [-0.2, -0.15) is 0 Å². The van der Waals surface area contributed by atoms with Gasteiger partial charge >= 0.3 is 5.97 Å². The number of methoxy groups -OCH3 is 1. The van der Waals surface area contributed by atoms with Crippen molar-refractivity contribution in [2.45, 2.75) is 13.8 Å². The van der Waals surface area contributed by atoms with Crippen LogP contribution >= 0.6 is 0 Å². The average molecular weight is 140 g/mol. The van der Waals surface area contributed by atoms with Gasteiger partial charge in [-0.15, -0.1) is 0 Å². The number of hydrogen-bond acceptors (Lipinski definition) is 2. The number of carbonyl (C=O) groups excluding carboxylic acids is 1. The molecule has 0 aromatic heterocycles. The predicted octanol–water partition coefficient (Wildman–Crippen LogP) is 1.68. The van der Waals surface area contributed by atoms with Crippen LogP contribution in [0, 0.1) is 0 Å². The van der Waals surface area contributed by atoms with Crippen LogP contribution in [0.15, 0.2) is 23.8 Å². The van der Waals surface area contributed by atoms with Gasteiger partial charge in [0.25, 0.3) is 0 Å². The van der Waals surface area contributed by atoms with Gasteiger partial charge < -0.3 is 4.74 Å². The first-order valence-corrected chi connectivity index (χ1v) is 3.00. The van der Waals surface area contributed by atoms with E-state index >= 15 is 0 Å². The molecule has 0 fully saturated rings. The number of carbonyl (C=O) groups is 1. The van der Waals surface area contributed by atoms with Crippen molar-refractivity contribution in [2.24, 2.45) is 0 Å². The lowest BCUT2D eigenvalue weighted by Crippen LogP contribution is -2.01. The Balaban J connectivity index is 4.11. The van der Waals surface area contributed by atoms with Crippen molar-refractivity contribution in [3.05, 3.63) is 23.8 Å². The molecular formula is C8H12O2. The van der Waals surface area contributed by atoms with Crippen molar-refractivity contribution in [2.75, 3.05) is 7.11 Å². The van der Waals surface area contributed by atoms with Gasteiger partial charge in [0.2, 0.25) is 0 Å². The molecule has 0 aliphatic carbocycles. The molecule has 0 aliphatic rings.